The van der Waals surface area contributed by atoms with Gasteiger partial charge in [0.05, 0.1) is 0 Å². The second kappa shape index (κ2) is 8.54. The molecule has 0 unspecified atom stereocenters. The third-order valence-electron chi connectivity index (χ3n) is 3.62. The first-order valence-electron chi connectivity index (χ1n) is 7.89. The Bertz CT molecular complexity index is 741. The highest BCUT2D eigenvalue weighted by molar-refractivity contribution is 5.97. The molecule has 0 heterocycles. The van der Waals surface area contributed by atoms with Gasteiger partial charge in [0, 0.05) is 18.4 Å². The predicted octanol–water partition coefficient (Wildman–Crippen LogP) is 3.95. The van der Waals surface area contributed by atoms with Crippen molar-refractivity contribution in [1.82, 2.24) is 5.32 Å². The van der Waals surface area contributed by atoms with E-state index in [0.717, 1.165) is 11.3 Å². The van der Waals surface area contributed by atoms with Crippen LogP contribution in [-0.2, 0) is 11.3 Å². The van der Waals surface area contributed by atoms with E-state index in [1.165, 1.54) is 11.8 Å². The number of benzene rings is 2. The second-order valence-electron chi connectivity index (χ2n) is 5.76. The van der Waals surface area contributed by atoms with Gasteiger partial charge in [0.25, 0.3) is 5.91 Å². The van der Waals surface area contributed by atoms with Crippen LogP contribution in [0.3, 0.4) is 0 Å². The first kappa shape index (κ1) is 17.3. The predicted molar refractivity (Wildman–Crippen MR) is 96.1 cm³/mol. The molecule has 0 aliphatic carbocycles. The third kappa shape index (κ3) is 4.99. The van der Waals surface area contributed by atoms with Gasteiger partial charge in [0.15, 0.2) is 0 Å². The van der Waals surface area contributed by atoms with Gasteiger partial charge in [-0.15, -0.1) is 0 Å². The summed E-state index contributed by atoms with van der Waals surface area (Å²) in [5, 5.41) is 14.9. The molecule has 0 saturated heterocycles. The molecular weight excluding hydrogens is 298 g/mol. The molecule has 4 heteroatoms. The Balaban J connectivity index is 1.95. The normalized spacial score (nSPS) is 11.0. The summed E-state index contributed by atoms with van der Waals surface area (Å²) < 4.78 is 0. The molecule has 1 amide bonds. The number of amides is 1. The molecule has 0 radical (unpaired) electrons. The van der Waals surface area contributed by atoms with Gasteiger partial charge in [-0.2, -0.15) is 5.26 Å². The quantitative estimate of drug-likeness (QED) is 0.626. The highest BCUT2D eigenvalue weighted by Crippen LogP contribution is 2.17. The van der Waals surface area contributed by atoms with Gasteiger partial charge < -0.3 is 10.6 Å². The lowest BCUT2D eigenvalue weighted by Crippen LogP contribution is -2.24. The minimum atomic E-state index is -0.396. The van der Waals surface area contributed by atoms with Gasteiger partial charge in [-0.05, 0) is 29.2 Å². The van der Waals surface area contributed by atoms with Crippen LogP contribution in [-0.4, -0.2) is 5.91 Å². The number of hydrogen-bond donors (Lipinski definition) is 2. The van der Waals surface area contributed by atoms with E-state index in [0.29, 0.717) is 12.5 Å². The Morgan fingerprint density at radius 2 is 1.79 bits per heavy atom. The number of hydrogen-bond acceptors (Lipinski definition) is 3. The molecule has 2 rings (SSSR count). The molecule has 0 aromatic heterocycles. The van der Waals surface area contributed by atoms with E-state index >= 15 is 0 Å². The number of carbonyl (C=O) groups excluding carboxylic acids is 1. The summed E-state index contributed by atoms with van der Waals surface area (Å²) in [5.74, 6) is 0.0701. The second-order valence-corrected chi connectivity index (χ2v) is 5.76. The smallest absolute Gasteiger partial charge is 0.263 e. The molecule has 24 heavy (non-hydrogen) atoms. The van der Waals surface area contributed by atoms with Gasteiger partial charge in [-0.3, -0.25) is 4.79 Å². The van der Waals surface area contributed by atoms with Crippen molar-refractivity contribution in [1.29, 1.82) is 5.26 Å². The number of carbonyl (C=O) groups is 1. The zero-order valence-corrected chi connectivity index (χ0v) is 13.9. The summed E-state index contributed by atoms with van der Waals surface area (Å²) in [6, 6.07) is 19.4. The van der Waals surface area contributed by atoms with Gasteiger partial charge in [-0.1, -0.05) is 56.3 Å². The fraction of sp³-hybridized carbons (Fsp3) is 0.200. The summed E-state index contributed by atoms with van der Waals surface area (Å²) in [5.41, 5.74) is 3.10. The van der Waals surface area contributed by atoms with E-state index in [1.807, 2.05) is 60.7 Å². The third-order valence-corrected chi connectivity index (χ3v) is 3.62. The first-order chi connectivity index (χ1) is 11.6. The topological polar surface area (TPSA) is 64.9 Å². The molecule has 0 fully saturated rings. The largest absolute Gasteiger partial charge is 0.360 e. The van der Waals surface area contributed by atoms with Crippen molar-refractivity contribution in [3.63, 3.8) is 0 Å². The van der Waals surface area contributed by atoms with E-state index in [-0.39, 0.29) is 5.57 Å². The molecule has 0 atom stereocenters. The number of rotatable bonds is 6. The van der Waals surface area contributed by atoms with E-state index in [4.69, 9.17) is 5.26 Å². The van der Waals surface area contributed by atoms with Crippen LogP contribution in [0.25, 0.3) is 0 Å². The number of anilines is 1. The van der Waals surface area contributed by atoms with E-state index in [2.05, 4.69) is 24.5 Å². The Morgan fingerprint density at radius 1 is 1.12 bits per heavy atom. The van der Waals surface area contributed by atoms with Crippen molar-refractivity contribution in [2.75, 3.05) is 5.32 Å². The lowest BCUT2D eigenvalue weighted by molar-refractivity contribution is -0.117. The summed E-state index contributed by atoms with van der Waals surface area (Å²) in [4.78, 5) is 12.1. The van der Waals surface area contributed by atoms with Crippen LogP contribution in [0.1, 0.15) is 30.9 Å². The van der Waals surface area contributed by atoms with E-state index < -0.39 is 5.91 Å². The van der Waals surface area contributed by atoms with Crippen LogP contribution < -0.4 is 10.6 Å². The number of nitrogens with one attached hydrogen (secondary N) is 2. The Labute approximate surface area is 142 Å². The zero-order valence-electron chi connectivity index (χ0n) is 13.9. The van der Waals surface area contributed by atoms with Gasteiger partial charge in [0.2, 0.25) is 0 Å². The summed E-state index contributed by atoms with van der Waals surface area (Å²) in [6.07, 6.45) is 1.44. The molecule has 122 valence electrons. The van der Waals surface area contributed by atoms with Crippen molar-refractivity contribution in [2.45, 2.75) is 26.3 Å². The van der Waals surface area contributed by atoms with E-state index in [9.17, 15) is 4.79 Å². The van der Waals surface area contributed by atoms with Crippen LogP contribution in [0.2, 0.25) is 0 Å². The number of nitrogens with zero attached hydrogens (tertiary/aromatic N) is 1. The van der Waals surface area contributed by atoms with Crippen molar-refractivity contribution < 1.29 is 4.79 Å². The molecule has 4 nitrogen and oxygen atoms in total. The van der Waals surface area contributed by atoms with Crippen molar-refractivity contribution in [3.8, 4) is 6.07 Å². The maximum Gasteiger partial charge on any atom is 0.263 e. The van der Waals surface area contributed by atoms with Crippen molar-refractivity contribution >= 4 is 11.6 Å². The van der Waals surface area contributed by atoms with Crippen molar-refractivity contribution in [2.24, 2.45) is 0 Å². The molecule has 2 aromatic rings. The van der Waals surface area contributed by atoms with E-state index in [1.54, 1.807) is 0 Å². The molecule has 0 bridgehead atoms. The molecule has 0 saturated carbocycles. The maximum absolute atomic E-state index is 12.1. The van der Waals surface area contributed by atoms with Gasteiger partial charge in [0.1, 0.15) is 11.6 Å². The highest BCUT2D eigenvalue weighted by Gasteiger charge is 2.08. The van der Waals surface area contributed by atoms with Crippen molar-refractivity contribution in [3.05, 3.63) is 77.5 Å². The fourth-order valence-electron chi connectivity index (χ4n) is 2.14. The summed E-state index contributed by atoms with van der Waals surface area (Å²) in [6.45, 7) is 4.65. The summed E-state index contributed by atoms with van der Waals surface area (Å²) >= 11 is 0. The van der Waals surface area contributed by atoms with Gasteiger partial charge >= 0.3 is 0 Å². The van der Waals surface area contributed by atoms with Crippen LogP contribution in [0.5, 0.6) is 0 Å². The van der Waals surface area contributed by atoms with Crippen LogP contribution in [0.15, 0.2) is 66.4 Å². The monoisotopic (exact) mass is 319 g/mol. The highest BCUT2D eigenvalue weighted by atomic mass is 16.1. The maximum atomic E-state index is 12.1. The fourth-order valence-corrected chi connectivity index (χ4v) is 2.14. The Morgan fingerprint density at radius 3 is 2.38 bits per heavy atom. The first-order valence-corrected chi connectivity index (χ1v) is 7.89. The zero-order chi connectivity index (χ0) is 17.4. The summed E-state index contributed by atoms with van der Waals surface area (Å²) in [7, 11) is 0. The molecule has 2 aromatic carbocycles. The van der Waals surface area contributed by atoms with Crippen LogP contribution in [0, 0.1) is 11.3 Å². The molecule has 0 aliphatic rings. The number of nitriles is 1. The Kier molecular flexibility index (Phi) is 6.16. The molecule has 0 spiro atoms. The van der Waals surface area contributed by atoms with Crippen LogP contribution >= 0.6 is 0 Å². The standard InChI is InChI=1S/C20H21N3O/c1-15(2)17-8-10-19(11-9-17)22-14-18(12-21)20(24)23-13-16-6-4-3-5-7-16/h3-11,14-15,22H,13H2,1-2H3,(H,23,24)/b18-14-. The average molecular weight is 319 g/mol. The molecule has 0 aliphatic heterocycles. The van der Waals surface area contributed by atoms with Gasteiger partial charge in [-0.25, -0.2) is 0 Å². The lowest BCUT2D eigenvalue weighted by Gasteiger charge is -2.07. The minimum Gasteiger partial charge on any atom is -0.360 e. The SMILES string of the molecule is CC(C)c1ccc(N/C=C(/C#N)C(=O)NCc2ccccc2)cc1. The molecular formula is C20H21N3O. The lowest BCUT2D eigenvalue weighted by atomic mass is 10.0. The minimum absolute atomic E-state index is 0.0406. The Hall–Kier alpha value is -3.06. The molecule has 2 N–H and O–H groups in total. The van der Waals surface area contributed by atoms with Crippen LogP contribution in [0.4, 0.5) is 5.69 Å². The average Bonchev–Trinajstić information content (AvgIpc) is 2.61.